The maximum Gasteiger partial charge on any atom is 0.222 e. The van der Waals surface area contributed by atoms with Crippen molar-refractivity contribution in [1.82, 2.24) is 9.97 Å². The zero-order valence-electron chi connectivity index (χ0n) is 8.73. The van der Waals surface area contributed by atoms with E-state index in [-0.39, 0.29) is 5.95 Å². The average Bonchev–Trinajstić information content (AvgIpc) is 2.25. The van der Waals surface area contributed by atoms with E-state index < -0.39 is 0 Å². The number of halogens is 2. The van der Waals surface area contributed by atoms with E-state index in [0.29, 0.717) is 5.15 Å². The molecule has 1 aromatic heterocycles. The summed E-state index contributed by atoms with van der Waals surface area (Å²) < 4.78 is 0. The van der Waals surface area contributed by atoms with Crippen molar-refractivity contribution in [3.05, 3.63) is 46.1 Å². The summed E-state index contributed by atoms with van der Waals surface area (Å²) >= 11 is 13.2. The minimum absolute atomic E-state index is 0.186. The highest BCUT2D eigenvalue weighted by molar-refractivity contribution is 7.98. The molecule has 2 rings (SSSR count). The molecule has 6 heteroatoms. The quantitative estimate of drug-likeness (QED) is 0.691. The number of nitrogens with two attached hydrogens (primary N) is 1. The van der Waals surface area contributed by atoms with E-state index in [4.69, 9.17) is 28.9 Å². The van der Waals surface area contributed by atoms with Gasteiger partial charge in [0.15, 0.2) is 0 Å². The molecule has 2 aromatic rings. The zero-order chi connectivity index (χ0) is 12.3. The maximum atomic E-state index is 5.90. The van der Waals surface area contributed by atoms with E-state index in [2.05, 4.69) is 9.97 Å². The van der Waals surface area contributed by atoms with Gasteiger partial charge in [0.1, 0.15) is 10.2 Å². The van der Waals surface area contributed by atoms with Crippen LogP contribution >= 0.6 is 35.0 Å². The molecule has 0 amide bonds. The molecule has 0 unspecified atom stereocenters. The van der Waals surface area contributed by atoms with Gasteiger partial charge in [-0.3, -0.25) is 0 Å². The Morgan fingerprint density at radius 1 is 1.18 bits per heavy atom. The summed E-state index contributed by atoms with van der Waals surface area (Å²) in [6.45, 7) is 0. The molecule has 0 aliphatic carbocycles. The third-order valence-electron chi connectivity index (χ3n) is 1.96. The lowest BCUT2D eigenvalue weighted by Gasteiger charge is -2.03. The molecule has 2 N–H and O–H groups in total. The first kappa shape index (κ1) is 12.5. The third kappa shape index (κ3) is 3.77. The van der Waals surface area contributed by atoms with Crippen molar-refractivity contribution >= 4 is 40.9 Å². The molecule has 0 spiro atoms. The number of thioether (sulfide) groups is 1. The number of nitrogens with zero attached hydrogens (tertiary/aromatic N) is 2. The van der Waals surface area contributed by atoms with Gasteiger partial charge in [0.2, 0.25) is 5.95 Å². The van der Waals surface area contributed by atoms with Crippen molar-refractivity contribution < 1.29 is 0 Å². The summed E-state index contributed by atoms with van der Waals surface area (Å²) in [6, 6.07) is 9.37. The molecule has 1 aromatic carbocycles. The van der Waals surface area contributed by atoms with E-state index >= 15 is 0 Å². The molecule has 0 aliphatic rings. The van der Waals surface area contributed by atoms with Gasteiger partial charge >= 0.3 is 0 Å². The Balaban J connectivity index is 2.07. The molecule has 0 saturated carbocycles. The minimum Gasteiger partial charge on any atom is -0.368 e. The molecule has 88 valence electrons. The van der Waals surface area contributed by atoms with Crippen LogP contribution < -0.4 is 5.73 Å². The Kier molecular flexibility index (Phi) is 4.10. The summed E-state index contributed by atoms with van der Waals surface area (Å²) in [5, 5.41) is 1.83. The van der Waals surface area contributed by atoms with Gasteiger partial charge in [-0.1, -0.05) is 35.3 Å². The highest BCUT2D eigenvalue weighted by atomic mass is 35.5. The fourth-order valence-electron chi connectivity index (χ4n) is 1.27. The Bertz CT molecular complexity index is 514. The number of hydrogen-bond acceptors (Lipinski definition) is 4. The highest BCUT2D eigenvalue weighted by Crippen LogP contribution is 2.24. The van der Waals surface area contributed by atoms with E-state index in [1.54, 1.807) is 6.07 Å². The van der Waals surface area contributed by atoms with Gasteiger partial charge in [-0.05, 0) is 17.7 Å². The van der Waals surface area contributed by atoms with Crippen molar-refractivity contribution in [3.8, 4) is 0 Å². The van der Waals surface area contributed by atoms with Crippen LogP contribution in [0, 0.1) is 0 Å². The average molecular weight is 286 g/mol. The second kappa shape index (κ2) is 5.58. The smallest absolute Gasteiger partial charge is 0.222 e. The van der Waals surface area contributed by atoms with Gasteiger partial charge in [0, 0.05) is 16.8 Å². The standard InChI is InChI=1S/C11H9Cl2N3S/c12-8-3-1-2-7(4-8)6-17-10-5-9(13)15-11(14)16-10/h1-5H,6H2,(H2,14,15,16). The number of hydrogen-bond donors (Lipinski definition) is 1. The molecule has 3 nitrogen and oxygen atoms in total. The number of anilines is 1. The predicted octanol–water partition coefficient (Wildman–Crippen LogP) is 3.66. The van der Waals surface area contributed by atoms with E-state index in [1.165, 1.54) is 11.8 Å². The van der Waals surface area contributed by atoms with Crippen LogP contribution in [0.2, 0.25) is 10.2 Å². The van der Waals surface area contributed by atoms with Crippen LogP contribution in [0.5, 0.6) is 0 Å². The molecule has 0 radical (unpaired) electrons. The van der Waals surface area contributed by atoms with Crippen LogP contribution in [0.4, 0.5) is 5.95 Å². The Hall–Kier alpha value is -0.970. The molecular weight excluding hydrogens is 277 g/mol. The van der Waals surface area contributed by atoms with Gasteiger partial charge in [-0.15, -0.1) is 11.8 Å². The van der Waals surface area contributed by atoms with Gasteiger partial charge in [0.25, 0.3) is 0 Å². The number of rotatable bonds is 3. The van der Waals surface area contributed by atoms with Gasteiger partial charge in [-0.25, -0.2) is 9.97 Å². The van der Waals surface area contributed by atoms with Gasteiger partial charge < -0.3 is 5.73 Å². The first-order valence-corrected chi connectivity index (χ1v) is 6.55. The van der Waals surface area contributed by atoms with Crippen LogP contribution in [0.3, 0.4) is 0 Å². The summed E-state index contributed by atoms with van der Waals surface area (Å²) in [5.74, 6) is 0.943. The van der Waals surface area contributed by atoms with Crippen molar-refractivity contribution in [2.75, 3.05) is 5.73 Å². The monoisotopic (exact) mass is 285 g/mol. The predicted molar refractivity (Wildman–Crippen MR) is 72.5 cm³/mol. The maximum absolute atomic E-state index is 5.90. The molecule has 17 heavy (non-hydrogen) atoms. The van der Waals surface area contributed by atoms with Crippen LogP contribution in [-0.2, 0) is 5.75 Å². The van der Waals surface area contributed by atoms with Crippen LogP contribution in [0.15, 0.2) is 35.4 Å². The third-order valence-corrected chi connectivity index (χ3v) is 3.38. The Labute approximate surface area is 113 Å². The SMILES string of the molecule is Nc1nc(Cl)cc(SCc2cccc(Cl)c2)n1. The van der Waals surface area contributed by atoms with E-state index in [0.717, 1.165) is 21.4 Å². The molecule has 0 fully saturated rings. The zero-order valence-corrected chi connectivity index (χ0v) is 11.1. The summed E-state index contributed by atoms with van der Waals surface area (Å²) in [4.78, 5) is 7.88. The fraction of sp³-hybridized carbons (Fsp3) is 0.0909. The molecular formula is C11H9Cl2N3S. The second-order valence-electron chi connectivity index (χ2n) is 3.31. The van der Waals surface area contributed by atoms with Crippen molar-refractivity contribution in [1.29, 1.82) is 0 Å². The van der Waals surface area contributed by atoms with E-state index in [1.807, 2.05) is 24.3 Å². The second-order valence-corrected chi connectivity index (χ2v) is 5.13. The summed E-state index contributed by atoms with van der Waals surface area (Å²) in [7, 11) is 0. The van der Waals surface area contributed by atoms with Crippen molar-refractivity contribution in [2.45, 2.75) is 10.8 Å². The lowest BCUT2D eigenvalue weighted by Crippen LogP contribution is -1.95. The lowest BCUT2D eigenvalue weighted by molar-refractivity contribution is 1.06. The number of benzene rings is 1. The Morgan fingerprint density at radius 2 is 2.00 bits per heavy atom. The number of aromatic nitrogens is 2. The van der Waals surface area contributed by atoms with Crippen LogP contribution in [0.1, 0.15) is 5.56 Å². The molecule has 0 atom stereocenters. The topological polar surface area (TPSA) is 51.8 Å². The number of nitrogen functional groups attached to an aromatic ring is 1. The van der Waals surface area contributed by atoms with Crippen LogP contribution in [0.25, 0.3) is 0 Å². The molecule has 0 saturated heterocycles. The highest BCUT2D eigenvalue weighted by Gasteiger charge is 2.02. The first-order valence-electron chi connectivity index (χ1n) is 4.81. The van der Waals surface area contributed by atoms with Gasteiger partial charge in [0.05, 0.1) is 0 Å². The lowest BCUT2D eigenvalue weighted by atomic mass is 10.2. The molecule has 0 aliphatic heterocycles. The van der Waals surface area contributed by atoms with Crippen LogP contribution in [-0.4, -0.2) is 9.97 Å². The van der Waals surface area contributed by atoms with Crippen molar-refractivity contribution in [3.63, 3.8) is 0 Å². The fourth-order valence-corrected chi connectivity index (χ4v) is 2.59. The van der Waals surface area contributed by atoms with Gasteiger partial charge in [-0.2, -0.15) is 0 Å². The largest absolute Gasteiger partial charge is 0.368 e. The minimum atomic E-state index is 0.186. The Morgan fingerprint density at radius 3 is 2.71 bits per heavy atom. The van der Waals surface area contributed by atoms with Crippen molar-refractivity contribution in [2.24, 2.45) is 0 Å². The molecule has 0 bridgehead atoms. The normalized spacial score (nSPS) is 10.5. The summed E-state index contributed by atoms with van der Waals surface area (Å²) in [6.07, 6.45) is 0. The molecule has 1 heterocycles. The summed E-state index contributed by atoms with van der Waals surface area (Å²) in [5.41, 5.74) is 6.63. The van der Waals surface area contributed by atoms with E-state index in [9.17, 15) is 0 Å². The first-order chi connectivity index (χ1) is 8.13.